The number of nitrogens with zero attached hydrogens (tertiary/aromatic N) is 2. The van der Waals surface area contributed by atoms with Crippen molar-refractivity contribution in [1.82, 2.24) is 9.78 Å². The van der Waals surface area contributed by atoms with Crippen molar-refractivity contribution in [3.8, 4) is 0 Å². The van der Waals surface area contributed by atoms with E-state index in [0.29, 0.717) is 11.8 Å². The molecule has 0 bridgehead atoms. The Kier molecular flexibility index (Phi) is 3.87. The van der Waals surface area contributed by atoms with E-state index in [1.807, 2.05) is 0 Å². The summed E-state index contributed by atoms with van der Waals surface area (Å²) in [6.45, 7) is 3.88. The highest BCUT2D eigenvalue weighted by Gasteiger charge is 2.31. The first-order chi connectivity index (χ1) is 7.77. The van der Waals surface area contributed by atoms with E-state index in [4.69, 9.17) is 17.3 Å². The molecule has 1 aromatic rings. The summed E-state index contributed by atoms with van der Waals surface area (Å²) >= 11 is 6.26. The molecule has 2 N–H and O–H groups in total. The van der Waals surface area contributed by atoms with Crippen LogP contribution in [0.5, 0.6) is 0 Å². The van der Waals surface area contributed by atoms with Crippen molar-refractivity contribution in [1.29, 1.82) is 0 Å². The fourth-order valence-electron chi connectivity index (χ4n) is 2.81. The van der Waals surface area contributed by atoms with Crippen LogP contribution >= 0.6 is 11.6 Å². The smallest absolute Gasteiger partial charge is 0.0820 e. The summed E-state index contributed by atoms with van der Waals surface area (Å²) in [5.41, 5.74) is 7.05. The number of aromatic nitrogens is 2. The average Bonchev–Trinajstić information content (AvgIpc) is 2.85. The van der Waals surface area contributed by atoms with Crippen LogP contribution in [0, 0.1) is 5.92 Å². The zero-order chi connectivity index (χ0) is 11.5. The van der Waals surface area contributed by atoms with Crippen molar-refractivity contribution < 1.29 is 0 Å². The molecule has 3 nitrogen and oxygen atoms in total. The zero-order valence-corrected chi connectivity index (χ0v) is 10.6. The van der Waals surface area contributed by atoms with E-state index >= 15 is 0 Å². The van der Waals surface area contributed by atoms with Crippen LogP contribution in [0.25, 0.3) is 0 Å². The molecule has 2 rings (SSSR count). The second-order valence-corrected chi connectivity index (χ2v) is 5.04. The summed E-state index contributed by atoms with van der Waals surface area (Å²) in [5.74, 6) is 1.11. The largest absolute Gasteiger partial charge is 0.330 e. The number of nitrogens with two attached hydrogens (primary N) is 1. The van der Waals surface area contributed by atoms with Gasteiger partial charge in [0.05, 0.1) is 16.9 Å². The highest BCUT2D eigenvalue weighted by atomic mass is 35.5. The molecular formula is C12H20ClN3. The van der Waals surface area contributed by atoms with Crippen molar-refractivity contribution in [2.24, 2.45) is 11.7 Å². The molecule has 0 aliphatic heterocycles. The van der Waals surface area contributed by atoms with Gasteiger partial charge in [0.1, 0.15) is 0 Å². The molecule has 0 amide bonds. The molecule has 1 aromatic heterocycles. The SMILES string of the molecule is CCCn1ncc(Cl)c1C1CCCC1CN. The van der Waals surface area contributed by atoms with E-state index in [1.54, 1.807) is 6.20 Å². The van der Waals surface area contributed by atoms with E-state index in [9.17, 15) is 0 Å². The van der Waals surface area contributed by atoms with Crippen LogP contribution in [-0.4, -0.2) is 16.3 Å². The summed E-state index contributed by atoms with van der Waals surface area (Å²) in [7, 11) is 0. The number of hydrogen-bond acceptors (Lipinski definition) is 2. The first-order valence-corrected chi connectivity index (χ1v) is 6.57. The van der Waals surface area contributed by atoms with Gasteiger partial charge in [-0.25, -0.2) is 0 Å². The Balaban J connectivity index is 2.27. The van der Waals surface area contributed by atoms with E-state index in [0.717, 1.165) is 24.5 Å². The lowest BCUT2D eigenvalue weighted by Gasteiger charge is -2.19. The third-order valence-electron chi connectivity index (χ3n) is 3.58. The minimum Gasteiger partial charge on any atom is -0.330 e. The highest BCUT2D eigenvalue weighted by molar-refractivity contribution is 6.31. The van der Waals surface area contributed by atoms with Gasteiger partial charge in [-0.2, -0.15) is 5.10 Å². The van der Waals surface area contributed by atoms with E-state index < -0.39 is 0 Å². The maximum atomic E-state index is 6.26. The van der Waals surface area contributed by atoms with Gasteiger partial charge in [0.2, 0.25) is 0 Å². The summed E-state index contributed by atoms with van der Waals surface area (Å²) in [5, 5.41) is 5.18. The molecule has 16 heavy (non-hydrogen) atoms. The number of halogens is 1. The van der Waals surface area contributed by atoms with Gasteiger partial charge in [-0.15, -0.1) is 0 Å². The topological polar surface area (TPSA) is 43.8 Å². The van der Waals surface area contributed by atoms with Gasteiger partial charge in [-0.1, -0.05) is 24.9 Å². The zero-order valence-electron chi connectivity index (χ0n) is 9.82. The molecule has 0 radical (unpaired) electrons. The molecule has 2 unspecified atom stereocenters. The van der Waals surface area contributed by atoms with Gasteiger partial charge in [0.25, 0.3) is 0 Å². The van der Waals surface area contributed by atoms with Crippen LogP contribution in [0.2, 0.25) is 5.02 Å². The van der Waals surface area contributed by atoms with Gasteiger partial charge in [0, 0.05) is 12.5 Å². The van der Waals surface area contributed by atoms with Gasteiger partial charge >= 0.3 is 0 Å². The average molecular weight is 242 g/mol. The predicted molar refractivity (Wildman–Crippen MR) is 66.7 cm³/mol. The fourth-order valence-corrected chi connectivity index (χ4v) is 3.09. The minimum atomic E-state index is 0.520. The van der Waals surface area contributed by atoms with Crippen molar-refractivity contribution in [2.75, 3.05) is 6.54 Å². The third-order valence-corrected chi connectivity index (χ3v) is 3.87. The van der Waals surface area contributed by atoms with Gasteiger partial charge < -0.3 is 5.73 Å². The first kappa shape index (κ1) is 11.9. The molecule has 0 spiro atoms. The van der Waals surface area contributed by atoms with Crippen molar-refractivity contribution in [3.05, 3.63) is 16.9 Å². The van der Waals surface area contributed by atoms with Crippen molar-refractivity contribution in [2.45, 2.75) is 45.1 Å². The maximum Gasteiger partial charge on any atom is 0.0820 e. The molecule has 1 aliphatic rings. The van der Waals surface area contributed by atoms with Gasteiger partial charge in [0.15, 0.2) is 0 Å². The molecule has 1 heterocycles. The summed E-state index contributed by atoms with van der Waals surface area (Å²) in [6, 6.07) is 0. The lowest BCUT2D eigenvalue weighted by atomic mass is 9.93. The van der Waals surface area contributed by atoms with E-state index in [2.05, 4.69) is 16.7 Å². The molecular weight excluding hydrogens is 222 g/mol. The van der Waals surface area contributed by atoms with Crippen LogP contribution in [0.3, 0.4) is 0 Å². The molecule has 1 fully saturated rings. The fraction of sp³-hybridized carbons (Fsp3) is 0.750. The first-order valence-electron chi connectivity index (χ1n) is 6.19. The van der Waals surface area contributed by atoms with Crippen LogP contribution in [0.15, 0.2) is 6.20 Å². The Bertz CT molecular complexity index is 348. The number of aryl methyl sites for hydroxylation is 1. The van der Waals surface area contributed by atoms with Crippen LogP contribution < -0.4 is 5.73 Å². The lowest BCUT2D eigenvalue weighted by Crippen LogP contribution is -2.20. The quantitative estimate of drug-likeness (QED) is 0.881. The standard InChI is InChI=1S/C12H20ClN3/c1-2-6-16-12(11(13)8-15-16)10-5-3-4-9(10)7-14/h8-10H,2-7,14H2,1H3. The highest BCUT2D eigenvalue weighted by Crippen LogP contribution is 2.41. The summed E-state index contributed by atoms with van der Waals surface area (Å²) in [6.07, 6.45) is 6.56. The Morgan fingerprint density at radius 1 is 1.56 bits per heavy atom. The summed E-state index contributed by atoms with van der Waals surface area (Å²) < 4.78 is 2.07. The second-order valence-electron chi connectivity index (χ2n) is 4.63. The summed E-state index contributed by atoms with van der Waals surface area (Å²) in [4.78, 5) is 0. The second kappa shape index (κ2) is 5.19. The van der Waals surface area contributed by atoms with Crippen LogP contribution in [0.1, 0.15) is 44.2 Å². The number of hydrogen-bond donors (Lipinski definition) is 1. The molecule has 0 aromatic carbocycles. The van der Waals surface area contributed by atoms with Gasteiger partial charge in [-0.05, 0) is 31.7 Å². The molecule has 0 saturated heterocycles. The van der Waals surface area contributed by atoms with E-state index in [-0.39, 0.29) is 0 Å². The van der Waals surface area contributed by atoms with Crippen LogP contribution in [0.4, 0.5) is 0 Å². The normalized spacial score (nSPS) is 25.2. The molecule has 90 valence electrons. The Morgan fingerprint density at radius 3 is 3.06 bits per heavy atom. The third kappa shape index (κ3) is 2.11. The van der Waals surface area contributed by atoms with E-state index in [1.165, 1.54) is 25.0 Å². The monoisotopic (exact) mass is 241 g/mol. The Morgan fingerprint density at radius 2 is 2.38 bits per heavy atom. The number of rotatable bonds is 4. The van der Waals surface area contributed by atoms with Crippen molar-refractivity contribution >= 4 is 11.6 Å². The minimum absolute atomic E-state index is 0.520. The molecule has 1 saturated carbocycles. The van der Waals surface area contributed by atoms with Crippen molar-refractivity contribution in [3.63, 3.8) is 0 Å². The van der Waals surface area contributed by atoms with Gasteiger partial charge in [-0.3, -0.25) is 4.68 Å². The predicted octanol–water partition coefficient (Wildman–Crippen LogP) is 2.79. The molecule has 4 heteroatoms. The van der Waals surface area contributed by atoms with Crippen LogP contribution in [-0.2, 0) is 6.54 Å². The Labute approximate surface area is 102 Å². The molecule has 2 atom stereocenters. The Hall–Kier alpha value is -0.540. The molecule has 1 aliphatic carbocycles. The lowest BCUT2D eigenvalue weighted by molar-refractivity contribution is 0.452. The maximum absolute atomic E-state index is 6.26.